The highest BCUT2D eigenvalue weighted by atomic mass is 32.1. The maximum Gasteiger partial charge on any atom is 0.251 e. The predicted octanol–water partition coefficient (Wildman–Crippen LogP) is 2.87. The summed E-state index contributed by atoms with van der Waals surface area (Å²) in [6.07, 6.45) is -0.529. The molecule has 1 heterocycles. The number of hydrogen-bond donors (Lipinski definition) is 2. The van der Waals surface area contributed by atoms with Gasteiger partial charge in [0.1, 0.15) is 0 Å². The molecule has 1 aromatic carbocycles. The van der Waals surface area contributed by atoms with Crippen molar-refractivity contribution in [1.29, 1.82) is 0 Å². The average molecular weight is 304 g/mol. The lowest BCUT2D eigenvalue weighted by Gasteiger charge is -2.15. The first kappa shape index (κ1) is 15.7. The summed E-state index contributed by atoms with van der Waals surface area (Å²) < 4.78 is 0. The van der Waals surface area contributed by atoms with Crippen molar-refractivity contribution < 1.29 is 9.90 Å². The van der Waals surface area contributed by atoms with E-state index in [1.807, 2.05) is 44.4 Å². The fourth-order valence-electron chi connectivity index (χ4n) is 1.85. The molecule has 0 aliphatic carbocycles. The highest BCUT2D eigenvalue weighted by Gasteiger charge is 2.12. The number of aliphatic hydroxyl groups excluding tert-OH is 1. The van der Waals surface area contributed by atoms with Gasteiger partial charge in [-0.3, -0.25) is 4.79 Å². The number of aryl methyl sites for hydroxylation is 1. The van der Waals surface area contributed by atoms with E-state index >= 15 is 0 Å². The fourth-order valence-corrected chi connectivity index (χ4v) is 2.47. The SMILES string of the molecule is Cc1nc(-c2cccc(C(=O)NCC(O)C(C)C)c2)cs1. The van der Waals surface area contributed by atoms with Gasteiger partial charge in [-0.15, -0.1) is 11.3 Å². The Kier molecular flexibility index (Phi) is 5.09. The predicted molar refractivity (Wildman–Crippen MR) is 85.5 cm³/mol. The van der Waals surface area contributed by atoms with Gasteiger partial charge in [0.15, 0.2) is 0 Å². The molecule has 1 aromatic heterocycles. The number of rotatable bonds is 5. The zero-order valence-electron chi connectivity index (χ0n) is 12.5. The van der Waals surface area contributed by atoms with E-state index in [9.17, 15) is 9.90 Å². The Morgan fingerprint density at radius 1 is 1.43 bits per heavy atom. The molecule has 0 radical (unpaired) electrons. The minimum Gasteiger partial charge on any atom is -0.391 e. The van der Waals surface area contributed by atoms with Gasteiger partial charge >= 0.3 is 0 Å². The molecule has 1 atom stereocenters. The summed E-state index contributed by atoms with van der Waals surface area (Å²) in [5.41, 5.74) is 2.39. The maximum atomic E-state index is 12.1. The van der Waals surface area contributed by atoms with Crippen molar-refractivity contribution in [3.63, 3.8) is 0 Å². The Balaban J connectivity index is 2.08. The Hall–Kier alpha value is -1.72. The minimum atomic E-state index is -0.529. The van der Waals surface area contributed by atoms with Crippen LogP contribution in [0.15, 0.2) is 29.6 Å². The molecule has 1 amide bonds. The van der Waals surface area contributed by atoms with E-state index < -0.39 is 6.10 Å². The first-order valence-electron chi connectivity index (χ1n) is 6.96. The zero-order valence-corrected chi connectivity index (χ0v) is 13.3. The monoisotopic (exact) mass is 304 g/mol. The summed E-state index contributed by atoms with van der Waals surface area (Å²) in [7, 11) is 0. The van der Waals surface area contributed by atoms with Gasteiger partial charge in [-0.1, -0.05) is 26.0 Å². The van der Waals surface area contributed by atoms with E-state index in [-0.39, 0.29) is 18.4 Å². The zero-order chi connectivity index (χ0) is 15.4. The first-order valence-corrected chi connectivity index (χ1v) is 7.84. The third-order valence-electron chi connectivity index (χ3n) is 3.28. The summed E-state index contributed by atoms with van der Waals surface area (Å²) in [4.78, 5) is 16.5. The van der Waals surface area contributed by atoms with Crippen molar-refractivity contribution >= 4 is 17.2 Å². The molecule has 0 saturated heterocycles. The molecule has 0 aliphatic rings. The van der Waals surface area contributed by atoms with E-state index in [1.165, 1.54) is 0 Å². The average Bonchev–Trinajstić information content (AvgIpc) is 2.91. The molecule has 5 heteroatoms. The van der Waals surface area contributed by atoms with Crippen molar-refractivity contribution in [3.8, 4) is 11.3 Å². The minimum absolute atomic E-state index is 0.120. The van der Waals surface area contributed by atoms with Crippen LogP contribution in [0.3, 0.4) is 0 Å². The lowest BCUT2D eigenvalue weighted by atomic mass is 10.1. The Bertz CT molecular complexity index is 622. The summed E-state index contributed by atoms with van der Waals surface area (Å²) in [6, 6.07) is 7.37. The number of aromatic nitrogens is 1. The highest BCUT2D eigenvalue weighted by molar-refractivity contribution is 7.09. The van der Waals surface area contributed by atoms with Crippen LogP contribution in [0.1, 0.15) is 29.2 Å². The van der Waals surface area contributed by atoms with Gasteiger partial charge in [0.25, 0.3) is 5.91 Å². The molecule has 2 N–H and O–H groups in total. The van der Waals surface area contributed by atoms with Crippen molar-refractivity contribution in [2.75, 3.05) is 6.54 Å². The molecule has 4 nitrogen and oxygen atoms in total. The quantitative estimate of drug-likeness (QED) is 0.893. The topological polar surface area (TPSA) is 62.2 Å². The van der Waals surface area contributed by atoms with Crippen molar-refractivity contribution in [2.24, 2.45) is 5.92 Å². The lowest BCUT2D eigenvalue weighted by molar-refractivity contribution is 0.0871. The number of carbonyl (C=O) groups excluding carboxylic acids is 1. The third-order valence-corrected chi connectivity index (χ3v) is 4.05. The second-order valence-corrected chi connectivity index (χ2v) is 6.42. The molecular formula is C16H20N2O2S. The van der Waals surface area contributed by atoms with Crippen LogP contribution in [0.25, 0.3) is 11.3 Å². The molecule has 0 aliphatic heterocycles. The number of aliphatic hydroxyl groups is 1. The van der Waals surface area contributed by atoms with Gasteiger partial charge in [-0.25, -0.2) is 4.98 Å². The smallest absolute Gasteiger partial charge is 0.251 e. The van der Waals surface area contributed by atoms with Gasteiger partial charge in [-0.2, -0.15) is 0 Å². The van der Waals surface area contributed by atoms with Crippen molar-refractivity contribution in [2.45, 2.75) is 26.9 Å². The van der Waals surface area contributed by atoms with Crippen LogP contribution in [0.2, 0.25) is 0 Å². The molecule has 0 saturated carbocycles. The molecule has 2 aromatic rings. The number of thiazole rings is 1. The van der Waals surface area contributed by atoms with E-state index in [1.54, 1.807) is 17.4 Å². The number of carbonyl (C=O) groups is 1. The number of nitrogens with zero attached hydrogens (tertiary/aromatic N) is 1. The molecule has 2 rings (SSSR count). The molecule has 0 fully saturated rings. The molecule has 1 unspecified atom stereocenters. The summed E-state index contributed by atoms with van der Waals surface area (Å²) >= 11 is 1.59. The Morgan fingerprint density at radius 3 is 2.81 bits per heavy atom. The van der Waals surface area contributed by atoms with Gasteiger partial charge in [0.05, 0.1) is 16.8 Å². The van der Waals surface area contributed by atoms with Gasteiger partial charge < -0.3 is 10.4 Å². The van der Waals surface area contributed by atoms with E-state index in [2.05, 4.69) is 10.3 Å². The number of nitrogens with one attached hydrogen (secondary N) is 1. The van der Waals surface area contributed by atoms with Crippen LogP contribution in [0.4, 0.5) is 0 Å². The van der Waals surface area contributed by atoms with Crippen LogP contribution < -0.4 is 5.32 Å². The van der Waals surface area contributed by atoms with Crippen LogP contribution in [-0.4, -0.2) is 28.6 Å². The summed E-state index contributed by atoms with van der Waals surface area (Å²) in [5.74, 6) is -0.0573. The fraction of sp³-hybridized carbons (Fsp3) is 0.375. The standard InChI is InChI=1S/C16H20N2O2S/c1-10(2)15(19)8-17-16(20)13-6-4-5-12(7-13)14-9-21-11(3)18-14/h4-7,9-10,15,19H,8H2,1-3H3,(H,17,20). The second kappa shape index (κ2) is 6.83. The van der Waals surface area contributed by atoms with Crippen LogP contribution in [-0.2, 0) is 0 Å². The van der Waals surface area contributed by atoms with Gasteiger partial charge in [0.2, 0.25) is 0 Å². The van der Waals surface area contributed by atoms with E-state index in [4.69, 9.17) is 0 Å². The van der Waals surface area contributed by atoms with Crippen molar-refractivity contribution in [1.82, 2.24) is 10.3 Å². The Morgan fingerprint density at radius 2 is 2.19 bits per heavy atom. The number of hydrogen-bond acceptors (Lipinski definition) is 4. The van der Waals surface area contributed by atoms with Crippen LogP contribution in [0, 0.1) is 12.8 Å². The van der Waals surface area contributed by atoms with Gasteiger partial charge in [-0.05, 0) is 25.0 Å². The number of benzene rings is 1. The van der Waals surface area contributed by atoms with Crippen LogP contribution >= 0.6 is 11.3 Å². The maximum absolute atomic E-state index is 12.1. The van der Waals surface area contributed by atoms with Crippen LogP contribution in [0.5, 0.6) is 0 Å². The van der Waals surface area contributed by atoms with Crippen molar-refractivity contribution in [3.05, 3.63) is 40.2 Å². The normalized spacial score (nSPS) is 12.4. The molecule has 0 spiro atoms. The summed E-state index contributed by atoms with van der Waals surface area (Å²) in [6.45, 7) is 6.05. The highest BCUT2D eigenvalue weighted by Crippen LogP contribution is 2.22. The number of amides is 1. The largest absolute Gasteiger partial charge is 0.391 e. The van der Waals surface area contributed by atoms with Gasteiger partial charge in [0, 0.05) is 23.1 Å². The van der Waals surface area contributed by atoms with E-state index in [0.717, 1.165) is 16.3 Å². The van der Waals surface area contributed by atoms with E-state index in [0.29, 0.717) is 5.56 Å². The molecule has 21 heavy (non-hydrogen) atoms. The molecule has 0 bridgehead atoms. The second-order valence-electron chi connectivity index (χ2n) is 5.35. The third kappa shape index (κ3) is 4.12. The lowest BCUT2D eigenvalue weighted by Crippen LogP contribution is -2.34. The molecular weight excluding hydrogens is 284 g/mol. The Labute approximate surface area is 128 Å². The first-order chi connectivity index (χ1) is 9.97. The molecule has 112 valence electrons. The summed E-state index contributed by atoms with van der Waals surface area (Å²) in [5, 5.41) is 15.5.